The molecular weight excluding hydrogens is 186 g/mol. The molecule has 1 aromatic heterocycles. The lowest BCUT2D eigenvalue weighted by Gasteiger charge is -2.02. The molecule has 0 aliphatic rings. The molecule has 0 fully saturated rings. The van der Waals surface area contributed by atoms with Crippen molar-refractivity contribution in [2.75, 3.05) is 0 Å². The minimum absolute atomic E-state index is 0.00634. The molecule has 0 unspecified atom stereocenters. The van der Waals surface area contributed by atoms with Crippen LogP contribution in [0, 0.1) is 0 Å². The topological polar surface area (TPSA) is 87.5 Å². The summed E-state index contributed by atoms with van der Waals surface area (Å²) in [7, 11) is 0. The molecule has 1 rings (SSSR count). The summed E-state index contributed by atoms with van der Waals surface area (Å²) in [5.74, 6) is -2.25. The average molecular weight is 195 g/mol. The molecule has 0 aliphatic heterocycles. The average Bonchev–Trinajstić information content (AvgIpc) is 2.16. The summed E-state index contributed by atoms with van der Waals surface area (Å²) in [5.41, 5.74) is 0.349. The van der Waals surface area contributed by atoms with Crippen LogP contribution in [0.5, 0.6) is 0 Å². The highest BCUT2D eigenvalue weighted by Crippen LogP contribution is 2.09. The maximum atomic E-state index is 10.7. The molecule has 5 heteroatoms. The molecule has 1 heterocycles. The van der Waals surface area contributed by atoms with E-state index in [2.05, 4.69) is 4.98 Å². The first-order valence-electron chi connectivity index (χ1n) is 4.01. The van der Waals surface area contributed by atoms with E-state index in [1.807, 2.05) is 0 Å². The second-order valence-corrected chi connectivity index (χ2v) is 2.70. The number of carboxylic acid groups (broad SMARTS) is 2. The Balaban J connectivity index is 3.25. The van der Waals surface area contributed by atoms with Crippen molar-refractivity contribution in [2.45, 2.75) is 13.3 Å². The van der Waals surface area contributed by atoms with Crippen LogP contribution in [-0.4, -0.2) is 27.1 Å². The van der Waals surface area contributed by atoms with Crippen molar-refractivity contribution in [3.8, 4) is 0 Å². The van der Waals surface area contributed by atoms with Crippen molar-refractivity contribution in [2.24, 2.45) is 0 Å². The van der Waals surface area contributed by atoms with Gasteiger partial charge >= 0.3 is 11.9 Å². The lowest BCUT2D eigenvalue weighted by atomic mass is 10.1. The van der Waals surface area contributed by atoms with Crippen LogP contribution in [0.25, 0.3) is 0 Å². The van der Waals surface area contributed by atoms with Gasteiger partial charge in [-0.05, 0) is 18.1 Å². The van der Waals surface area contributed by atoms with Gasteiger partial charge in [0.15, 0.2) is 5.69 Å². The monoisotopic (exact) mass is 195 g/mol. The number of aryl methyl sites for hydroxylation is 1. The van der Waals surface area contributed by atoms with Crippen molar-refractivity contribution in [1.29, 1.82) is 0 Å². The zero-order valence-electron chi connectivity index (χ0n) is 7.52. The first-order valence-corrected chi connectivity index (χ1v) is 4.01. The fourth-order valence-corrected chi connectivity index (χ4v) is 1.09. The molecule has 0 spiro atoms. The van der Waals surface area contributed by atoms with Crippen LogP contribution in [0.2, 0.25) is 0 Å². The Morgan fingerprint density at radius 1 is 1.36 bits per heavy atom. The Bertz CT molecular complexity index is 386. The fourth-order valence-electron chi connectivity index (χ4n) is 1.09. The van der Waals surface area contributed by atoms with Crippen molar-refractivity contribution in [3.63, 3.8) is 0 Å². The Morgan fingerprint density at radius 3 is 2.43 bits per heavy atom. The number of aromatic carboxylic acids is 2. The zero-order valence-corrected chi connectivity index (χ0v) is 7.52. The van der Waals surface area contributed by atoms with E-state index in [4.69, 9.17) is 10.2 Å². The molecular formula is C9H9NO4. The third kappa shape index (κ3) is 1.87. The number of nitrogens with zero attached hydrogens (tertiary/aromatic N) is 1. The van der Waals surface area contributed by atoms with Gasteiger partial charge in [-0.1, -0.05) is 6.92 Å². The molecule has 0 aromatic carbocycles. The minimum atomic E-state index is -1.14. The molecule has 74 valence electrons. The summed E-state index contributed by atoms with van der Waals surface area (Å²) < 4.78 is 0. The van der Waals surface area contributed by atoms with Crippen LogP contribution in [0.15, 0.2) is 12.3 Å². The molecule has 5 nitrogen and oxygen atoms in total. The lowest BCUT2D eigenvalue weighted by Crippen LogP contribution is -2.08. The highest BCUT2D eigenvalue weighted by Gasteiger charge is 2.13. The van der Waals surface area contributed by atoms with Gasteiger partial charge in [-0.25, -0.2) is 14.6 Å². The van der Waals surface area contributed by atoms with Gasteiger partial charge in [0.05, 0.1) is 5.56 Å². The van der Waals surface area contributed by atoms with Gasteiger partial charge in [0.1, 0.15) is 0 Å². The number of aromatic nitrogens is 1. The summed E-state index contributed by atoms with van der Waals surface area (Å²) in [6.07, 6.45) is 1.49. The van der Waals surface area contributed by atoms with Crippen molar-refractivity contribution in [3.05, 3.63) is 29.1 Å². The molecule has 0 saturated carbocycles. The normalized spacial score (nSPS) is 9.79. The number of rotatable bonds is 3. The molecule has 0 amide bonds. The number of pyridine rings is 1. The predicted octanol–water partition coefficient (Wildman–Crippen LogP) is 1.04. The van der Waals surface area contributed by atoms with Crippen LogP contribution in [0.1, 0.15) is 33.3 Å². The Morgan fingerprint density at radius 2 is 2.00 bits per heavy atom. The van der Waals surface area contributed by atoms with Crippen LogP contribution in [0.4, 0.5) is 0 Å². The molecule has 2 N–H and O–H groups in total. The van der Waals surface area contributed by atoms with E-state index >= 15 is 0 Å². The lowest BCUT2D eigenvalue weighted by molar-refractivity contribution is 0.0674. The van der Waals surface area contributed by atoms with Gasteiger partial charge in [-0.2, -0.15) is 0 Å². The smallest absolute Gasteiger partial charge is 0.354 e. The second kappa shape index (κ2) is 3.87. The maximum absolute atomic E-state index is 10.7. The molecule has 1 aromatic rings. The van der Waals surface area contributed by atoms with E-state index < -0.39 is 11.9 Å². The van der Waals surface area contributed by atoms with Crippen molar-refractivity contribution in [1.82, 2.24) is 4.98 Å². The van der Waals surface area contributed by atoms with E-state index in [1.165, 1.54) is 6.07 Å². The van der Waals surface area contributed by atoms with Crippen LogP contribution in [-0.2, 0) is 6.42 Å². The minimum Gasteiger partial charge on any atom is -0.478 e. The predicted molar refractivity (Wildman–Crippen MR) is 47.5 cm³/mol. The largest absolute Gasteiger partial charge is 0.478 e. The molecule has 14 heavy (non-hydrogen) atoms. The quantitative estimate of drug-likeness (QED) is 0.752. The molecule has 0 saturated heterocycles. The third-order valence-corrected chi connectivity index (χ3v) is 1.80. The van der Waals surface area contributed by atoms with E-state index in [9.17, 15) is 9.59 Å². The highest BCUT2D eigenvalue weighted by atomic mass is 16.4. The summed E-state index contributed by atoms with van der Waals surface area (Å²) in [6, 6.07) is 1.33. The van der Waals surface area contributed by atoms with Crippen LogP contribution >= 0.6 is 0 Å². The molecule has 0 bridgehead atoms. The Kier molecular flexibility index (Phi) is 2.81. The summed E-state index contributed by atoms with van der Waals surface area (Å²) in [4.78, 5) is 24.8. The number of hydrogen-bond acceptors (Lipinski definition) is 3. The summed E-state index contributed by atoms with van der Waals surface area (Å²) >= 11 is 0. The number of carbonyl (C=O) groups is 2. The summed E-state index contributed by atoms with van der Waals surface area (Å²) in [5, 5.41) is 17.4. The fraction of sp³-hybridized carbons (Fsp3) is 0.222. The van der Waals surface area contributed by atoms with E-state index in [1.54, 1.807) is 6.92 Å². The molecule has 0 atom stereocenters. The zero-order chi connectivity index (χ0) is 10.7. The summed E-state index contributed by atoms with van der Waals surface area (Å²) in [6.45, 7) is 1.75. The van der Waals surface area contributed by atoms with Crippen molar-refractivity contribution < 1.29 is 19.8 Å². The van der Waals surface area contributed by atoms with Gasteiger partial charge in [-0.15, -0.1) is 0 Å². The van der Waals surface area contributed by atoms with Gasteiger partial charge in [0.2, 0.25) is 0 Å². The Labute approximate surface area is 80.0 Å². The van der Waals surface area contributed by atoms with Crippen molar-refractivity contribution >= 4 is 11.9 Å². The van der Waals surface area contributed by atoms with Gasteiger partial charge < -0.3 is 10.2 Å². The van der Waals surface area contributed by atoms with Gasteiger partial charge in [0, 0.05) is 6.20 Å². The highest BCUT2D eigenvalue weighted by molar-refractivity contribution is 5.91. The third-order valence-electron chi connectivity index (χ3n) is 1.80. The Hall–Kier alpha value is -1.91. The SMILES string of the molecule is CCc1cc(C(=O)O)cnc1C(=O)O. The van der Waals surface area contributed by atoms with E-state index in [0.29, 0.717) is 12.0 Å². The van der Waals surface area contributed by atoms with Crippen LogP contribution < -0.4 is 0 Å². The standard InChI is InChI=1S/C9H9NO4/c1-2-5-3-6(8(11)12)4-10-7(5)9(13)14/h3-4H,2H2,1H3,(H,11,12)(H,13,14). The first kappa shape index (κ1) is 10.2. The van der Waals surface area contributed by atoms with Gasteiger partial charge in [0.25, 0.3) is 0 Å². The molecule has 0 aliphatic carbocycles. The first-order chi connectivity index (χ1) is 6.56. The number of hydrogen-bond donors (Lipinski definition) is 2. The van der Waals surface area contributed by atoms with E-state index in [-0.39, 0.29) is 11.3 Å². The maximum Gasteiger partial charge on any atom is 0.354 e. The second-order valence-electron chi connectivity index (χ2n) is 2.70. The van der Waals surface area contributed by atoms with Gasteiger partial charge in [-0.3, -0.25) is 0 Å². The van der Waals surface area contributed by atoms with E-state index in [0.717, 1.165) is 6.20 Å². The molecule has 0 radical (unpaired) electrons. The number of carboxylic acids is 2. The van der Waals surface area contributed by atoms with Crippen LogP contribution in [0.3, 0.4) is 0 Å².